The lowest BCUT2D eigenvalue weighted by molar-refractivity contribution is 0.0579. The molecule has 0 aromatic heterocycles. The SMILES string of the molecule is COc1ccc(NC(=O)NN2CCCOC2=O)c(OC)c1. The number of amides is 3. The molecule has 114 valence electrons. The van der Waals surface area contributed by atoms with Crippen molar-refractivity contribution in [2.45, 2.75) is 6.42 Å². The molecule has 0 aliphatic carbocycles. The van der Waals surface area contributed by atoms with Crippen molar-refractivity contribution in [1.29, 1.82) is 0 Å². The summed E-state index contributed by atoms with van der Waals surface area (Å²) in [6.07, 6.45) is 0.0934. The van der Waals surface area contributed by atoms with E-state index in [1.54, 1.807) is 18.2 Å². The molecule has 1 aliphatic rings. The van der Waals surface area contributed by atoms with Crippen LogP contribution in [0.25, 0.3) is 0 Å². The Hall–Kier alpha value is -2.64. The lowest BCUT2D eigenvalue weighted by atomic mass is 10.2. The van der Waals surface area contributed by atoms with E-state index in [0.717, 1.165) is 5.01 Å². The molecule has 0 unspecified atom stereocenters. The molecular weight excluding hydrogens is 278 g/mol. The molecule has 0 radical (unpaired) electrons. The Bertz CT molecular complexity index is 535. The van der Waals surface area contributed by atoms with Gasteiger partial charge in [0, 0.05) is 19.0 Å². The molecule has 1 saturated heterocycles. The van der Waals surface area contributed by atoms with Crippen LogP contribution < -0.4 is 20.2 Å². The minimum Gasteiger partial charge on any atom is -0.497 e. The number of hydrogen-bond acceptors (Lipinski definition) is 5. The number of cyclic esters (lactones) is 1. The summed E-state index contributed by atoms with van der Waals surface area (Å²) >= 11 is 0. The molecule has 1 heterocycles. The first-order valence-electron chi connectivity index (χ1n) is 6.38. The highest BCUT2D eigenvalue weighted by molar-refractivity contribution is 5.92. The molecule has 1 fully saturated rings. The standard InChI is InChI=1S/C13H17N3O5/c1-19-9-4-5-10(11(8-9)20-2)14-12(17)15-16-6-3-7-21-13(16)18/h4-5,8H,3,6-7H2,1-2H3,(H2,14,15,17). The number of nitrogens with one attached hydrogen (secondary N) is 2. The van der Waals surface area contributed by atoms with Crippen molar-refractivity contribution in [3.05, 3.63) is 18.2 Å². The van der Waals surface area contributed by atoms with E-state index >= 15 is 0 Å². The third-order valence-corrected chi connectivity index (χ3v) is 2.87. The van der Waals surface area contributed by atoms with E-state index in [2.05, 4.69) is 10.7 Å². The minimum atomic E-state index is -0.571. The Kier molecular flexibility index (Phi) is 4.70. The van der Waals surface area contributed by atoms with Gasteiger partial charge in [0.25, 0.3) is 0 Å². The number of rotatable bonds is 4. The molecule has 1 aromatic carbocycles. The highest BCUT2D eigenvalue weighted by Crippen LogP contribution is 2.28. The van der Waals surface area contributed by atoms with E-state index in [9.17, 15) is 9.59 Å². The number of hydrogen-bond donors (Lipinski definition) is 2. The topological polar surface area (TPSA) is 89.1 Å². The van der Waals surface area contributed by atoms with Gasteiger partial charge in [0.05, 0.1) is 26.5 Å². The van der Waals surface area contributed by atoms with Gasteiger partial charge in [0.1, 0.15) is 11.5 Å². The van der Waals surface area contributed by atoms with E-state index in [0.29, 0.717) is 36.8 Å². The highest BCUT2D eigenvalue weighted by atomic mass is 16.6. The molecule has 3 amide bonds. The summed E-state index contributed by atoms with van der Waals surface area (Å²) in [5.74, 6) is 1.06. The van der Waals surface area contributed by atoms with E-state index in [4.69, 9.17) is 14.2 Å². The number of carbonyl (C=O) groups excluding carboxylic acids is 2. The fourth-order valence-electron chi connectivity index (χ4n) is 1.83. The number of ether oxygens (including phenoxy) is 3. The molecule has 1 aromatic rings. The largest absolute Gasteiger partial charge is 0.497 e. The summed E-state index contributed by atoms with van der Waals surface area (Å²) in [6.45, 7) is 0.775. The summed E-state index contributed by atoms with van der Waals surface area (Å²) in [6, 6.07) is 4.42. The Morgan fingerprint density at radius 2 is 2.14 bits per heavy atom. The van der Waals surface area contributed by atoms with Crippen molar-refractivity contribution >= 4 is 17.8 Å². The maximum atomic E-state index is 11.9. The van der Waals surface area contributed by atoms with Crippen molar-refractivity contribution in [1.82, 2.24) is 10.4 Å². The zero-order valence-corrected chi connectivity index (χ0v) is 11.8. The van der Waals surface area contributed by atoms with Gasteiger partial charge >= 0.3 is 12.1 Å². The average Bonchev–Trinajstić information content (AvgIpc) is 2.50. The first-order valence-corrected chi connectivity index (χ1v) is 6.38. The van der Waals surface area contributed by atoms with Gasteiger partial charge in [-0.05, 0) is 12.1 Å². The van der Waals surface area contributed by atoms with Gasteiger partial charge in [-0.3, -0.25) is 0 Å². The Morgan fingerprint density at radius 1 is 1.33 bits per heavy atom. The van der Waals surface area contributed by atoms with Crippen molar-refractivity contribution in [3.8, 4) is 11.5 Å². The zero-order valence-electron chi connectivity index (χ0n) is 11.8. The predicted octanol–water partition coefficient (Wildman–Crippen LogP) is 1.58. The predicted molar refractivity (Wildman–Crippen MR) is 74.4 cm³/mol. The minimum absolute atomic E-state index is 0.366. The maximum Gasteiger partial charge on any atom is 0.428 e. The van der Waals surface area contributed by atoms with Crippen molar-refractivity contribution in [3.63, 3.8) is 0 Å². The monoisotopic (exact) mass is 295 g/mol. The second-order valence-corrected chi connectivity index (χ2v) is 4.25. The number of nitrogens with zero attached hydrogens (tertiary/aromatic N) is 1. The lowest BCUT2D eigenvalue weighted by Gasteiger charge is -2.26. The quantitative estimate of drug-likeness (QED) is 0.880. The van der Waals surface area contributed by atoms with Gasteiger partial charge in [0.15, 0.2) is 0 Å². The molecule has 2 N–H and O–H groups in total. The average molecular weight is 295 g/mol. The molecule has 0 spiro atoms. The van der Waals surface area contributed by atoms with Gasteiger partial charge in [-0.25, -0.2) is 20.0 Å². The van der Waals surface area contributed by atoms with Crippen LogP contribution >= 0.6 is 0 Å². The fraction of sp³-hybridized carbons (Fsp3) is 0.385. The van der Waals surface area contributed by atoms with Crippen LogP contribution in [0.1, 0.15) is 6.42 Å². The number of anilines is 1. The van der Waals surface area contributed by atoms with Crippen molar-refractivity contribution in [2.24, 2.45) is 0 Å². The zero-order chi connectivity index (χ0) is 15.2. The number of urea groups is 1. The second kappa shape index (κ2) is 6.69. The maximum absolute atomic E-state index is 11.9. The number of hydrazine groups is 1. The molecule has 2 rings (SSSR count). The smallest absolute Gasteiger partial charge is 0.428 e. The van der Waals surface area contributed by atoms with E-state index in [1.807, 2.05) is 0 Å². The van der Waals surface area contributed by atoms with E-state index in [-0.39, 0.29) is 0 Å². The summed E-state index contributed by atoms with van der Waals surface area (Å²) < 4.78 is 15.1. The Labute approximate surface area is 121 Å². The third-order valence-electron chi connectivity index (χ3n) is 2.87. The Balaban J connectivity index is 2.00. The van der Waals surface area contributed by atoms with Crippen molar-refractivity contribution in [2.75, 3.05) is 32.7 Å². The van der Waals surface area contributed by atoms with Crippen molar-refractivity contribution < 1.29 is 23.8 Å². The molecule has 0 atom stereocenters. The van der Waals surface area contributed by atoms with Crippen LogP contribution in [0.15, 0.2) is 18.2 Å². The number of methoxy groups -OCH3 is 2. The van der Waals surface area contributed by atoms with Gasteiger partial charge in [-0.2, -0.15) is 0 Å². The number of carbonyl (C=O) groups is 2. The van der Waals surface area contributed by atoms with E-state index < -0.39 is 12.1 Å². The summed E-state index contributed by atoms with van der Waals surface area (Å²) in [7, 11) is 3.02. The summed E-state index contributed by atoms with van der Waals surface area (Å²) in [5.41, 5.74) is 2.88. The van der Waals surface area contributed by atoms with Gasteiger partial charge < -0.3 is 19.5 Å². The van der Waals surface area contributed by atoms with Crippen LogP contribution in [0.5, 0.6) is 11.5 Å². The molecule has 0 saturated carbocycles. The van der Waals surface area contributed by atoms with Crippen LogP contribution in [0.4, 0.5) is 15.3 Å². The van der Waals surface area contributed by atoms with Gasteiger partial charge in [-0.1, -0.05) is 0 Å². The van der Waals surface area contributed by atoms with Gasteiger partial charge in [-0.15, -0.1) is 0 Å². The molecule has 21 heavy (non-hydrogen) atoms. The van der Waals surface area contributed by atoms with Crippen LogP contribution in [0.2, 0.25) is 0 Å². The first-order chi connectivity index (χ1) is 10.1. The molecular formula is C13H17N3O5. The first kappa shape index (κ1) is 14.8. The van der Waals surface area contributed by atoms with Crippen LogP contribution in [0.3, 0.4) is 0 Å². The summed E-state index contributed by atoms with van der Waals surface area (Å²) in [4.78, 5) is 23.3. The molecule has 8 nitrogen and oxygen atoms in total. The highest BCUT2D eigenvalue weighted by Gasteiger charge is 2.21. The lowest BCUT2D eigenvalue weighted by Crippen LogP contribution is -2.50. The van der Waals surface area contributed by atoms with Crippen LogP contribution in [-0.2, 0) is 4.74 Å². The fourth-order valence-corrected chi connectivity index (χ4v) is 1.83. The van der Waals surface area contributed by atoms with Gasteiger partial charge in [0.2, 0.25) is 0 Å². The second-order valence-electron chi connectivity index (χ2n) is 4.25. The van der Waals surface area contributed by atoms with E-state index in [1.165, 1.54) is 14.2 Å². The molecule has 0 bridgehead atoms. The third kappa shape index (κ3) is 3.68. The Morgan fingerprint density at radius 3 is 2.81 bits per heavy atom. The normalized spacial score (nSPS) is 14.2. The number of benzene rings is 1. The van der Waals surface area contributed by atoms with Crippen LogP contribution in [0, 0.1) is 0 Å². The molecule has 1 aliphatic heterocycles. The molecule has 8 heteroatoms. The van der Waals surface area contributed by atoms with Crippen LogP contribution in [-0.4, -0.2) is 44.5 Å². The summed E-state index contributed by atoms with van der Waals surface area (Å²) in [5, 5.41) is 3.72.